The predicted molar refractivity (Wildman–Crippen MR) is 89.7 cm³/mol. The van der Waals surface area contributed by atoms with Gasteiger partial charge in [-0.15, -0.1) is 11.8 Å². The normalized spacial score (nSPS) is 23.0. The second kappa shape index (κ2) is 7.82. The first-order valence-electron chi connectivity index (χ1n) is 7.54. The molecule has 1 heterocycles. The maximum Gasteiger partial charge on any atom is 0.238 e. The molecule has 2 unspecified atom stereocenters. The smallest absolute Gasteiger partial charge is 0.238 e. The van der Waals surface area contributed by atoms with Crippen molar-refractivity contribution in [2.24, 2.45) is 11.7 Å². The SMILES string of the molecule is CCC1CN(CC(=O)Nc2ccccc2SC)CCC1N. The van der Waals surface area contributed by atoms with Gasteiger partial charge >= 0.3 is 0 Å². The van der Waals surface area contributed by atoms with Gasteiger partial charge in [0.15, 0.2) is 0 Å². The zero-order chi connectivity index (χ0) is 15.2. The summed E-state index contributed by atoms with van der Waals surface area (Å²) in [6.45, 7) is 4.46. The van der Waals surface area contributed by atoms with Gasteiger partial charge in [0.05, 0.1) is 12.2 Å². The number of nitrogens with one attached hydrogen (secondary N) is 1. The van der Waals surface area contributed by atoms with Gasteiger partial charge in [-0.2, -0.15) is 0 Å². The Morgan fingerprint density at radius 1 is 1.48 bits per heavy atom. The summed E-state index contributed by atoms with van der Waals surface area (Å²) in [5.41, 5.74) is 7.01. The number of nitrogens with two attached hydrogens (primary N) is 1. The summed E-state index contributed by atoms with van der Waals surface area (Å²) in [5.74, 6) is 0.562. The zero-order valence-electron chi connectivity index (χ0n) is 12.8. The van der Waals surface area contributed by atoms with Crippen LogP contribution in [-0.4, -0.2) is 42.7 Å². The largest absolute Gasteiger partial charge is 0.327 e. The first kappa shape index (κ1) is 16.3. The summed E-state index contributed by atoms with van der Waals surface area (Å²) >= 11 is 1.64. The Morgan fingerprint density at radius 2 is 2.24 bits per heavy atom. The number of piperidine rings is 1. The Morgan fingerprint density at radius 3 is 2.95 bits per heavy atom. The topological polar surface area (TPSA) is 58.4 Å². The van der Waals surface area contributed by atoms with Gasteiger partial charge in [-0.05, 0) is 30.7 Å². The fourth-order valence-corrected chi connectivity index (χ4v) is 3.40. The molecule has 1 amide bonds. The van der Waals surface area contributed by atoms with Gasteiger partial charge in [-0.25, -0.2) is 0 Å². The summed E-state index contributed by atoms with van der Waals surface area (Å²) in [6.07, 6.45) is 4.07. The van der Waals surface area contributed by atoms with E-state index in [1.807, 2.05) is 30.5 Å². The van der Waals surface area contributed by atoms with Crippen LogP contribution < -0.4 is 11.1 Å². The fourth-order valence-electron chi connectivity index (χ4n) is 2.84. The third kappa shape index (κ3) is 4.46. The first-order chi connectivity index (χ1) is 10.1. The molecule has 0 radical (unpaired) electrons. The highest BCUT2D eigenvalue weighted by molar-refractivity contribution is 7.98. The highest BCUT2D eigenvalue weighted by atomic mass is 32.2. The van der Waals surface area contributed by atoms with Gasteiger partial charge in [-0.3, -0.25) is 9.69 Å². The molecular weight excluding hydrogens is 282 g/mol. The Hall–Kier alpha value is -1.04. The van der Waals surface area contributed by atoms with E-state index in [0.717, 1.165) is 36.5 Å². The Bertz CT molecular complexity index is 480. The second-order valence-electron chi connectivity index (χ2n) is 5.60. The summed E-state index contributed by atoms with van der Waals surface area (Å²) in [5, 5.41) is 3.02. The lowest BCUT2D eigenvalue weighted by Gasteiger charge is -2.36. The van der Waals surface area contributed by atoms with E-state index in [2.05, 4.69) is 17.1 Å². The average Bonchev–Trinajstić information content (AvgIpc) is 2.49. The number of anilines is 1. The Balaban J connectivity index is 1.90. The van der Waals surface area contributed by atoms with Crippen LogP contribution in [0.25, 0.3) is 0 Å². The number of para-hydroxylation sites is 1. The Labute approximate surface area is 131 Å². The molecule has 2 atom stereocenters. The molecule has 1 fully saturated rings. The second-order valence-corrected chi connectivity index (χ2v) is 6.45. The van der Waals surface area contributed by atoms with Crippen LogP contribution >= 0.6 is 11.8 Å². The van der Waals surface area contributed by atoms with Crippen LogP contribution in [0.4, 0.5) is 5.69 Å². The molecule has 1 aliphatic rings. The lowest BCUT2D eigenvalue weighted by Crippen LogP contribution is -2.48. The molecule has 21 heavy (non-hydrogen) atoms. The number of benzene rings is 1. The minimum Gasteiger partial charge on any atom is -0.327 e. The molecule has 0 saturated carbocycles. The van der Waals surface area contributed by atoms with Crippen LogP contribution in [0.2, 0.25) is 0 Å². The van der Waals surface area contributed by atoms with E-state index in [1.54, 1.807) is 11.8 Å². The third-order valence-corrected chi connectivity index (χ3v) is 4.95. The molecule has 0 aromatic heterocycles. The molecule has 0 spiro atoms. The fraction of sp³-hybridized carbons (Fsp3) is 0.562. The van der Waals surface area contributed by atoms with Crippen molar-refractivity contribution in [1.29, 1.82) is 0 Å². The monoisotopic (exact) mass is 307 g/mol. The Kier molecular flexibility index (Phi) is 6.08. The van der Waals surface area contributed by atoms with Crippen LogP contribution in [0.5, 0.6) is 0 Å². The minimum atomic E-state index is 0.0572. The van der Waals surface area contributed by atoms with Crippen LogP contribution in [0.15, 0.2) is 29.2 Å². The molecule has 2 rings (SSSR count). The number of carbonyl (C=O) groups is 1. The predicted octanol–water partition coefficient (Wildman–Crippen LogP) is 2.41. The standard InChI is InChI=1S/C16H25N3OS/c1-3-12-10-19(9-8-13(12)17)11-16(20)18-14-6-4-5-7-15(14)21-2/h4-7,12-13H,3,8-11,17H2,1-2H3,(H,18,20). The van der Waals surface area contributed by atoms with Gasteiger partial charge in [0.1, 0.15) is 0 Å². The van der Waals surface area contributed by atoms with Crippen molar-refractivity contribution in [1.82, 2.24) is 4.90 Å². The maximum atomic E-state index is 12.2. The van der Waals surface area contributed by atoms with Crippen LogP contribution in [0.3, 0.4) is 0 Å². The van der Waals surface area contributed by atoms with E-state index in [9.17, 15) is 4.79 Å². The number of thioether (sulfide) groups is 1. The molecule has 1 aliphatic heterocycles. The van der Waals surface area contributed by atoms with E-state index in [1.165, 1.54) is 0 Å². The van der Waals surface area contributed by atoms with Gasteiger partial charge < -0.3 is 11.1 Å². The molecule has 3 N–H and O–H groups in total. The van der Waals surface area contributed by atoms with E-state index >= 15 is 0 Å². The minimum absolute atomic E-state index is 0.0572. The lowest BCUT2D eigenvalue weighted by atomic mass is 9.91. The van der Waals surface area contributed by atoms with Gasteiger partial charge in [-0.1, -0.05) is 25.5 Å². The van der Waals surface area contributed by atoms with Crippen molar-refractivity contribution in [3.8, 4) is 0 Å². The van der Waals surface area contributed by atoms with E-state index in [4.69, 9.17) is 5.73 Å². The van der Waals surface area contributed by atoms with Gasteiger partial charge in [0.25, 0.3) is 0 Å². The highest BCUT2D eigenvalue weighted by Crippen LogP contribution is 2.24. The number of hydrogen-bond acceptors (Lipinski definition) is 4. The third-order valence-electron chi connectivity index (χ3n) is 4.15. The van der Waals surface area contributed by atoms with Crippen LogP contribution in [0.1, 0.15) is 19.8 Å². The van der Waals surface area contributed by atoms with Crippen molar-refractivity contribution in [2.45, 2.75) is 30.7 Å². The maximum absolute atomic E-state index is 12.2. The van der Waals surface area contributed by atoms with Crippen molar-refractivity contribution in [3.05, 3.63) is 24.3 Å². The summed E-state index contributed by atoms with van der Waals surface area (Å²) in [4.78, 5) is 15.5. The quantitative estimate of drug-likeness (QED) is 0.820. The average molecular weight is 307 g/mol. The van der Waals surface area contributed by atoms with Crippen LogP contribution in [-0.2, 0) is 4.79 Å². The van der Waals surface area contributed by atoms with Crippen molar-refractivity contribution in [2.75, 3.05) is 31.2 Å². The molecule has 116 valence electrons. The molecule has 4 nitrogen and oxygen atoms in total. The molecule has 1 saturated heterocycles. The van der Waals surface area contributed by atoms with Gasteiger partial charge in [0, 0.05) is 24.0 Å². The molecule has 1 aromatic carbocycles. The van der Waals surface area contributed by atoms with Crippen molar-refractivity contribution < 1.29 is 4.79 Å². The highest BCUT2D eigenvalue weighted by Gasteiger charge is 2.26. The first-order valence-corrected chi connectivity index (χ1v) is 8.77. The number of likely N-dealkylation sites (tertiary alicyclic amines) is 1. The molecule has 5 heteroatoms. The zero-order valence-corrected chi connectivity index (χ0v) is 13.7. The molecule has 0 aliphatic carbocycles. The van der Waals surface area contributed by atoms with E-state index in [0.29, 0.717) is 12.5 Å². The van der Waals surface area contributed by atoms with Crippen LogP contribution in [0, 0.1) is 5.92 Å². The van der Waals surface area contributed by atoms with Gasteiger partial charge in [0.2, 0.25) is 5.91 Å². The number of nitrogens with zero attached hydrogens (tertiary/aromatic N) is 1. The summed E-state index contributed by atoms with van der Waals surface area (Å²) < 4.78 is 0. The molecular formula is C16H25N3OS. The van der Waals surface area contributed by atoms with Crippen molar-refractivity contribution >= 4 is 23.4 Å². The van der Waals surface area contributed by atoms with Crippen molar-refractivity contribution in [3.63, 3.8) is 0 Å². The summed E-state index contributed by atoms with van der Waals surface area (Å²) in [7, 11) is 0. The number of carbonyl (C=O) groups excluding carboxylic acids is 1. The lowest BCUT2D eigenvalue weighted by molar-refractivity contribution is -0.117. The molecule has 0 bridgehead atoms. The van der Waals surface area contributed by atoms with E-state index in [-0.39, 0.29) is 11.9 Å². The number of amides is 1. The molecule has 1 aromatic rings. The number of rotatable bonds is 5. The summed E-state index contributed by atoms with van der Waals surface area (Å²) in [6, 6.07) is 8.19. The van der Waals surface area contributed by atoms with E-state index < -0.39 is 0 Å². The number of hydrogen-bond donors (Lipinski definition) is 2.